The van der Waals surface area contributed by atoms with Gasteiger partial charge in [0.25, 0.3) is 0 Å². The summed E-state index contributed by atoms with van der Waals surface area (Å²) in [7, 11) is 0. The maximum Gasteiger partial charge on any atom is 0.166 e. The van der Waals surface area contributed by atoms with Gasteiger partial charge in [-0.1, -0.05) is 54.6 Å². The van der Waals surface area contributed by atoms with E-state index in [1.54, 1.807) is 55.5 Å². The van der Waals surface area contributed by atoms with Crippen molar-refractivity contribution in [1.82, 2.24) is 0 Å². The SMILES string of the molecule is Cc1ccc(C2CCC(CCc3ccc(-c4ccccc4)c(F)c3F)CC2)c(F)c1F. The molecule has 0 aromatic heterocycles. The first-order chi connectivity index (χ1) is 15.0. The van der Waals surface area contributed by atoms with E-state index in [1.165, 1.54) is 0 Å². The summed E-state index contributed by atoms with van der Waals surface area (Å²) in [5, 5.41) is 0. The van der Waals surface area contributed by atoms with Crippen LogP contribution in [0.5, 0.6) is 0 Å². The highest BCUT2D eigenvalue weighted by atomic mass is 19.2. The van der Waals surface area contributed by atoms with Crippen molar-refractivity contribution in [2.24, 2.45) is 5.92 Å². The van der Waals surface area contributed by atoms with E-state index in [0.29, 0.717) is 34.6 Å². The molecule has 31 heavy (non-hydrogen) atoms. The smallest absolute Gasteiger partial charge is 0.166 e. The molecule has 0 spiro atoms. The lowest BCUT2D eigenvalue weighted by molar-refractivity contribution is 0.303. The standard InChI is InChI=1S/C27H26F4/c1-17-7-15-22(26(30)24(17)28)20-11-8-18(9-12-20)10-13-21-14-16-23(27(31)25(21)29)19-5-3-2-4-6-19/h2-7,14-16,18,20H,8-13H2,1H3. The minimum Gasteiger partial charge on any atom is -0.203 e. The van der Waals surface area contributed by atoms with Gasteiger partial charge in [0.15, 0.2) is 23.3 Å². The summed E-state index contributed by atoms with van der Waals surface area (Å²) < 4.78 is 57.5. The fourth-order valence-electron chi connectivity index (χ4n) is 4.72. The van der Waals surface area contributed by atoms with Gasteiger partial charge in [0.05, 0.1) is 0 Å². The number of hydrogen-bond acceptors (Lipinski definition) is 0. The van der Waals surface area contributed by atoms with Gasteiger partial charge in [0, 0.05) is 5.56 Å². The molecule has 0 bridgehead atoms. The summed E-state index contributed by atoms with van der Waals surface area (Å²) in [6, 6.07) is 15.6. The van der Waals surface area contributed by atoms with E-state index in [0.717, 1.165) is 32.1 Å². The molecule has 3 aromatic carbocycles. The Morgan fingerprint density at radius 1 is 0.710 bits per heavy atom. The Morgan fingerprint density at radius 3 is 2.13 bits per heavy atom. The van der Waals surface area contributed by atoms with Crippen LogP contribution >= 0.6 is 0 Å². The normalized spacial score (nSPS) is 18.9. The van der Waals surface area contributed by atoms with Gasteiger partial charge in [-0.3, -0.25) is 0 Å². The van der Waals surface area contributed by atoms with Gasteiger partial charge in [0.1, 0.15) is 0 Å². The number of hydrogen-bond donors (Lipinski definition) is 0. The molecule has 0 radical (unpaired) electrons. The van der Waals surface area contributed by atoms with Gasteiger partial charge in [-0.25, -0.2) is 17.6 Å². The second-order valence-electron chi connectivity index (χ2n) is 8.62. The molecule has 0 atom stereocenters. The van der Waals surface area contributed by atoms with Crippen LogP contribution in [-0.2, 0) is 6.42 Å². The summed E-state index contributed by atoms with van der Waals surface area (Å²) in [6.07, 6.45) is 4.57. The maximum atomic E-state index is 14.6. The molecule has 0 aliphatic heterocycles. The van der Waals surface area contributed by atoms with Crippen molar-refractivity contribution in [2.75, 3.05) is 0 Å². The molecule has 0 saturated heterocycles. The second kappa shape index (κ2) is 9.25. The predicted molar refractivity (Wildman–Crippen MR) is 116 cm³/mol. The Morgan fingerprint density at radius 2 is 1.42 bits per heavy atom. The molecule has 1 aliphatic carbocycles. The third kappa shape index (κ3) is 4.53. The Hall–Kier alpha value is -2.62. The molecule has 3 aromatic rings. The van der Waals surface area contributed by atoms with Gasteiger partial charge in [-0.2, -0.15) is 0 Å². The van der Waals surface area contributed by atoms with Crippen molar-refractivity contribution >= 4 is 0 Å². The molecular formula is C27H26F4. The van der Waals surface area contributed by atoms with Crippen LogP contribution in [0.1, 0.15) is 54.7 Å². The molecule has 162 valence electrons. The van der Waals surface area contributed by atoms with E-state index < -0.39 is 23.3 Å². The molecule has 0 heterocycles. The quantitative estimate of drug-likeness (QED) is 0.361. The van der Waals surface area contributed by atoms with Crippen molar-refractivity contribution in [1.29, 1.82) is 0 Å². The molecule has 4 rings (SSSR count). The first-order valence-corrected chi connectivity index (χ1v) is 10.9. The highest BCUT2D eigenvalue weighted by Crippen LogP contribution is 2.39. The Labute approximate surface area is 180 Å². The minimum absolute atomic E-state index is 0.0192. The van der Waals surface area contributed by atoms with E-state index >= 15 is 0 Å². The summed E-state index contributed by atoms with van der Waals surface area (Å²) >= 11 is 0. The topological polar surface area (TPSA) is 0 Å². The molecule has 1 aliphatic rings. The molecule has 0 amide bonds. The zero-order valence-electron chi connectivity index (χ0n) is 17.6. The second-order valence-corrected chi connectivity index (χ2v) is 8.62. The van der Waals surface area contributed by atoms with Crippen molar-refractivity contribution in [3.63, 3.8) is 0 Å². The van der Waals surface area contributed by atoms with Crippen LogP contribution < -0.4 is 0 Å². The Bertz CT molecular complexity index is 1050. The summed E-state index contributed by atoms with van der Waals surface area (Å²) in [5.41, 5.74) is 2.11. The monoisotopic (exact) mass is 426 g/mol. The van der Waals surface area contributed by atoms with Gasteiger partial charge in [-0.05, 0) is 79.5 Å². The van der Waals surface area contributed by atoms with Gasteiger partial charge in [-0.15, -0.1) is 0 Å². The highest BCUT2D eigenvalue weighted by molar-refractivity contribution is 5.64. The first kappa shape index (κ1) is 21.6. The van der Waals surface area contributed by atoms with Crippen molar-refractivity contribution in [3.8, 4) is 11.1 Å². The first-order valence-electron chi connectivity index (χ1n) is 10.9. The van der Waals surface area contributed by atoms with Gasteiger partial charge < -0.3 is 0 Å². The van der Waals surface area contributed by atoms with Crippen LogP contribution in [0.2, 0.25) is 0 Å². The lowest BCUT2D eigenvalue weighted by atomic mass is 9.76. The fraction of sp³-hybridized carbons (Fsp3) is 0.333. The van der Waals surface area contributed by atoms with E-state index in [2.05, 4.69) is 0 Å². The van der Waals surface area contributed by atoms with E-state index in [-0.39, 0.29) is 11.5 Å². The average Bonchev–Trinajstić information content (AvgIpc) is 2.80. The lowest BCUT2D eigenvalue weighted by Gasteiger charge is -2.29. The van der Waals surface area contributed by atoms with E-state index in [4.69, 9.17) is 0 Å². The molecule has 0 N–H and O–H groups in total. The number of rotatable bonds is 5. The van der Waals surface area contributed by atoms with Crippen LogP contribution in [-0.4, -0.2) is 0 Å². The zero-order chi connectivity index (χ0) is 22.0. The van der Waals surface area contributed by atoms with Crippen molar-refractivity contribution in [3.05, 3.63) is 94.6 Å². The van der Waals surface area contributed by atoms with Crippen LogP contribution in [0.15, 0.2) is 54.6 Å². The van der Waals surface area contributed by atoms with E-state index in [9.17, 15) is 17.6 Å². The van der Waals surface area contributed by atoms with Crippen LogP contribution in [0.25, 0.3) is 11.1 Å². The molecular weight excluding hydrogens is 400 g/mol. The summed E-state index contributed by atoms with van der Waals surface area (Å²) in [4.78, 5) is 0. The van der Waals surface area contributed by atoms with Crippen LogP contribution in [0.3, 0.4) is 0 Å². The molecule has 0 nitrogen and oxygen atoms in total. The minimum atomic E-state index is -0.802. The molecule has 4 heteroatoms. The van der Waals surface area contributed by atoms with Crippen LogP contribution in [0.4, 0.5) is 17.6 Å². The van der Waals surface area contributed by atoms with Gasteiger partial charge >= 0.3 is 0 Å². The number of aryl methyl sites for hydroxylation is 2. The Balaban J connectivity index is 1.37. The average molecular weight is 426 g/mol. The third-order valence-corrected chi connectivity index (χ3v) is 6.66. The fourth-order valence-corrected chi connectivity index (χ4v) is 4.72. The molecule has 0 unspecified atom stereocenters. The maximum absolute atomic E-state index is 14.6. The van der Waals surface area contributed by atoms with Crippen LogP contribution in [0, 0.1) is 36.1 Å². The summed E-state index contributed by atoms with van der Waals surface area (Å²) in [5.74, 6) is -2.65. The highest BCUT2D eigenvalue weighted by Gasteiger charge is 2.26. The predicted octanol–water partition coefficient (Wildman–Crippen LogP) is 8.13. The zero-order valence-corrected chi connectivity index (χ0v) is 17.6. The number of halogens is 4. The van der Waals surface area contributed by atoms with Crippen molar-refractivity contribution < 1.29 is 17.6 Å². The molecule has 1 fully saturated rings. The third-order valence-electron chi connectivity index (χ3n) is 6.66. The number of benzene rings is 3. The molecule has 1 saturated carbocycles. The lowest BCUT2D eigenvalue weighted by Crippen LogP contribution is -2.16. The van der Waals surface area contributed by atoms with Crippen molar-refractivity contribution in [2.45, 2.75) is 51.4 Å². The van der Waals surface area contributed by atoms with Gasteiger partial charge in [0.2, 0.25) is 0 Å². The summed E-state index contributed by atoms with van der Waals surface area (Å²) in [6.45, 7) is 1.56. The van der Waals surface area contributed by atoms with E-state index in [1.807, 2.05) is 6.07 Å². The largest absolute Gasteiger partial charge is 0.203 e. The Kier molecular flexibility index (Phi) is 6.45.